The Hall–Kier alpha value is -2.39. The highest BCUT2D eigenvalue weighted by atomic mass is 16.1. The third-order valence-electron chi connectivity index (χ3n) is 5.99. The fourth-order valence-electron chi connectivity index (χ4n) is 4.27. The molecular formula is C24H28N2O. The number of ketones is 1. The minimum atomic E-state index is 0.201. The number of hydrogen-bond acceptors (Lipinski definition) is 2. The number of nitrogens with one attached hydrogen (secondary N) is 1. The van der Waals surface area contributed by atoms with Crippen LogP contribution in [0.1, 0.15) is 51.4 Å². The predicted octanol–water partition coefficient (Wildman–Crippen LogP) is 5.02. The summed E-state index contributed by atoms with van der Waals surface area (Å²) in [5.41, 5.74) is 6.72. The minimum Gasteiger partial charge on any atom is -0.361 e. The van der Waals surface area contributed by atoms with Crippen molar-refractivity contribution in [2.24, 2.45) is 0 Å². The fourth-order valence-corrected chi connectivity index (χ4v) is 4.27. The van der Waals surface area contributed by atoms with E-state index in [0.717, 1.165) is 35.3 Å². The number of aromatic nitrogens is 1. The first kappa shape index (κ1) is 18.0. The summed E-state index contributed by atoms with van der Waals surface area (Å²) in [5, 5.41) is 1.29. The zero-order valence-electron chi connectivity index (χ0n) is 16.5. The number of H-pyrrole nitrogens is 1. The lowest BCUT2D eigenvalue weighted by Gasteiger charge is -2.28. The van der Waals surface area contributed by atoms with E-state index in [-0.39, 0.29) is 5.78 Å². The van der Waals surface area contributed by atoms with Crippen molar-refractivity contribution in [2.75, 3.05) is 20.1 Å². The summed E-state index contributed by atoms with van der Waals surface area (Å²) in [6.45, 7) is 6.36. The molecule has 0 aliphatic carbocycles. The summed E-state index contributed by atoms with van der Waals surface area (Å²) < 4.78 is 0. The second kappa shape index (κ2) is 7.32. The Labute approximate surface area is 161 Å². The van der Waals surface area contributed by atoms with Gasteiger partial charge in [-0.2, -0.15) is 0 Å². The molecule has 3 aromatic rings. The number of likely N-dealkylation sites (tertiary alicyclic amines) is 1. The second-order valence-corrected chi connectivity index (χ2v) is 8.12. The van der Waals surface area contributed by atoms with E-state index in [1.807, 2.05) is 26.0 Å². The highest BCUT2D eigenvalue weighted by molar-refractivity contribution is 5.99. The summed E-state index contributed by atoms with van der Waals surface area (Å²) in [7, 11) is 2.20. The van der Waals surface area contributed by atoms with E-state index in [1.54, 1.807) is 0 Å². The molecule has 0 saturated carbocycles. The van der Waals surface area contributed by atoms with Crippen molar-refractivity contribution in [2.45, 2.75) is 39.0 Å². The van der Waals surface area contributed by atoms with Crippen molar-refractivity contribution in [3.8, 4) is 0 Å². The zero-order chi connectivity index (χ0) is 19.0. The molecule has 0 radical (unpaired) electrons. The normalized spacial score (nSPS) is 16.1. The molecule has 1 fully saturated rings. The van der Waals surface area contributed by atoms with Crippen LogP contribution in [0.5, 0.6) is 0 Å². The number of Topliss-reactive ketones (excluding diaryl/α,β-unsaturated/α-hetero) is 1. The molecule has 1 aliphatic rings. The SMILES string of the molecule is Cc1ccc(C)c(C(=O)Cc2ccc3[nH]cc(C4CCN(C)CC4)c3c2)c1. The summed E-state index contributed by atoms with van der Waals surface area (Å²) >= 11 is 0. The summed E-state index contributed by atoms with van der Waals surface area (Å²) in [6.07, 6.45) is 5.04. The van der Waals surface area contributed by atoms with E-state index in [2.05, 4.69) is 47.4 Å². The van der Waals surface area contributed by atoms with Crippen LogP contribution in [-0.2, 0) is 6.42 Å². The Balaban J connectivity index is 1.60. The molecular weight excluding hydrogens is 332 g/mol. The lowest BCUT2D eigenvalue weighted by molar-refractivity contribution is 0.0992. The Bertz CT molecular complexity index is 977. The molecule has 0 spiro atoms. The Morgan fingerprint density at radius 1 is 1.11 bits per heavy atom. The van der Waals surface area contributed by atoms with Gasteiger partial charge in [0.05, 0.1) is 0 Å². The number of fused-ring (bicyclic) bond motifs is 1. The number of aryl methyl sites for hydroxylation is 2. The van der Waals surface area contributed by atoms with Gasteiger partial charge in [-0.05, 0) is 87.6 Å². The zero-order valence-corrected chi connectivity index (χ0v) is 16.5. The van der Waals surface area contributed by atoms with Crippen LogP contribution in [0, 0.1) is 13.8 Å². The molecule has 1 aliphatic heterocycles. The number of carbonyl (C=O) groups excluding carboxylic acids is 1. The van der Waals surface area contributed by atoms with E-state index in [1.165, 1.54) is 29.3 Å². The van der Waals surface area contributed by atoms with Crippen LogP contribution in [0.15, 0.2) is 42.6 Å². The quantitative estimate of drug-likeness (QED) is 0.663. The van der Waals surface area contributed by atoms with Gasteiger partial charge >= 0.3 is 0 Å². The van der Waals surface area contributed by atoms with Crippen LogP contribution in [0.2, 0.25) is 0 Å². The van der Waals surface area contributed by atoms with Crippen LogP contribution >= 0.6 is 0 Å². The lowest BCUT2D eigenvalue weighted by atomic mass is 9.88. The number of rotatable bonds is 4. The molecule has 2 aromatic carbocycles. The smallest absolute Gasteiger partial charge is 0.167 e. The molecule has 0 atom stereocenters. The number of aromatic amines is 1. The summed E-state index contributed by atoms with van der Waals surface area (Å²) in [5.74, 6) is 0.812. The van der Waals surface area contributed by atoms with Gasteiger partial charge in [-0.1, -0.05) is 23.8 Å². The number of nitrogens with zero attached hydrogens (tertiary/aromatic N) is 1. The largest absolute Gasteiger partial charge is 0.361 e. The van der Waals surface area contributed by atoms with Gasteiger partial charge in [0.25, 0.3) is 0 Å². The van der Waals surface area contributed by atoms with Crippen LogP contribution in [-0.4, -0.2) is 35.8 Å². The summed E-state index contributed by atoms with van der Waals surface area (Å²) in [4.78, 5) is 18.7. The van der Waals surface area contributed by atoms with Crippen molar-refractivity contribution < 1.29 is 4.79 Å². The maximum Gasteiger partial charge on any atom is 0.167 e. The van der Waals surface area contributed by atoms with E-state index in [4.69, 9.17) is 0 Å². The highest BCUT2D eigenvalue weighted by Crippen LogP contribution is 2.33. The van der Waals surface area contributed by atoms with Crippen LogP contribution < -0.4 is 0 Å². The minimum absolute atomic E-state index is 0.201. The average molecular weight is 361 g/mol. The number of piperidine rings is 1. The van der Waals surface area contributed by atoms with E-state index >= 15 is 0 Å². The second-order valence-electron chi connectivity index (χ2n) is 8.12. The highest BCUT2D eigenvalue weighted by Gasteiger charge is 2.21. The molecule has 1 aromatic heterocycles. The molecule has 0 unspecified atom stereocenters. The van der Waals surface area contributed by atoms with Crippen LogP contribution in [0.25, 0.3) is 10.9 Å². The van der Waals surface area contributed by atoms with Crippen molar-refractivity contribution in [3.05, 3.63) is 70.4 Å². The molecule has 3 nitrogen and oxygen atoms in total. The van der Waals surface area contributed by atoms with Gasteiger partial charge in [-0.25, -0.2) is 0 Å². The first-order valence-electron chi connectivity index (χ1n) is 9.90. The standard InChI is InChI=1S/C24H28N2O/c1-16-4-5-17(2)20(12-16)24(27)14-18-6-7-23-21(13-18)22(15-25-23)19-8-10-26(3)11-9-19/h4-7,12-13,15,19,25H,8-11,14H2,1-3H3. The lowest BCUT2D eigenvalue weighted by Crippen LogP contribution is -2.29. The number of carbonyl (C=O) groups is 1. The maximum absolute atomic E-state index is 12.9. The molecule has 1 saturated heterocycles. The Morgan fingerprint density at radius 3 is 2.67 bits per heavy atom. The first-order valence-corrected chi connectivity index (χ1v) is 9.90. The monoisotopic (exact) mass is 360 g/mol. The molecule has 0 amide bonds. The van der Waals surface area contributed by atoms with E-state index in [9.17, 15) is 4.79 Å². The van der Waals surface area contributed by atoms with E-state index < -0.39 is 0 Å². The Morgan fingerprint density at radius 2 is 1.89 bits per heavy atom. The maximum atomic E-state index is 12.9. The fraction of sp³-hybridized carbons (Fsp3) is 0.375. The third-order valence-corrected chi connectivity index (χ3v) is 5.99. The summed E-state index contributed by atoms with van der Waals surface area (Å²) in [6, 6.07) is 12.5. The predicted molar refractivity (Wildman–Crippen MR) is 112 cm³/mol. The number of hydrogen-bond donors (Lipinski definition) is 1. The van der Waals surface area contributed by atoms with Crippen molar-refractivity contribution >= 4 is 16.7 Å². The van der Waals surface area contributed by atoms with Gasteiger partial charge in [-0.15, -0.1) is 0 Å². The van der Waals surface area contributed by atoms with Crippen molar-refractivity contribution in [3.63, 3.8) is 0 Å². The molecule has 4 rings (SSSR count). The van der Waals surface area contributed by atoms with Gasteiger partial charge in [0.2, 0.25) is 0 Å². The third kappa shape index (κ3) is 3.70. The number of benzene rings is 2. The molecule has 2 heterocycles. The van der Waals surface area contributed by atoms with Crippen LogP contribution in [0.3, 0.4) is 0 Å². The van der Waals surface area contributed by atoms with Gasteiger partial charge < -0.3 is 9.88 Å². The molecule has 140 valence electrons. The molecule has 3 heteroatoms. The molecule has 0 bridgehead atoms. The topological polar surface area (TPSA) is 36.1 Å². The average Bonchev–Trinajstić information content (AvgIpc) is 3.07. The van der Waals surface area contributed by atoms with Gasteiger partial charge in [0.1, 0.15) is 0 Å². The molecule has 27 heavy (non-hydrogen) atoms. The first-order chi connectivity index (χ1) is 13.0. The van der Waals surface area contributed by atoms with E-state index in [0.29, 0.717) is 12.3 Å². The van der Waals surface area contributed by atoms with Crippen molar-refractivity contribution in [1.29, 1.82) is 0 Å². The molecule has 1 N–H and O–H groups in total. The van der Waals surface area contributed by atoms with Gasteiger partial charge in [0, 0.05) is 29.1 Å². The Kier molecular flexibility index (Phi) is 4.88. The van der Waals surface area contributed by atoms with Gasteiger partial charge in [0.15, 0.2) is 5.78 Å². The van der Waals surface area contributed by atoms with Crippen LogP contribution in [0.4, 0.5) is 0 Å². The van der Waals surface area contributed by atoms with Crippen molar-refractivity contribution in [1.82, 2.24) is 9.88 Å². The van der Waals surface area contributed by atoms with Gasteiger partial charge in [-0.3, -0.25) is 4.79 Å².